The predicted molar refractivity (Wildman–Crippen MR) is 75.3 cm³/mol. The Hall–Kier alpha value is -1.47. The lowest BCUT2D eigenvalue weighted by molar-refractivity contribution is 0.423. The molecule has 6 nitrogen and oxygen atoms in total. The molecule has 0 aliphatic carbocycles. The van der Waals surface area contributed by atoms with Crippen molar-refractivity contribution in [2.75, 3.05) is 18.4 Å². The minimum Gasteiger partial charge on any atom is -0.406 e. The van der Waals surface area contributed by atoms with Crippen LogP contribution in [0.15, 0.2) is 16.0 Å². The van der Waals surface area contributed by atoms with E-state index in [0.717, 1.165) is 30.9 Å². The van der Waals surface area contributed by atoms with Crippen LogP contribution in [0.1, 0.15) is 37.2 Å². The first-order valence-corrected chi connectivity index (χ1v) is 7.36. The second kappa shape index (κ2) is 7.20. The minimum atomic E-state index is 0.0852. The number of anilines is 1. The largest absolute Gasteiger partial charge is 0.406 e. The number of aromatic nitrogens is 3. The Morgan fingerprint density at radius 3 is 3.00 bits per heavy atom. The maximum Gasteiger partial charge on any atom is 0.315 e. The highest BCUT2D eigenvalue weighted by Gasteiger charge is 2.12. The minimum absolute atomic E-state index is 0.0852. The Balaban J connectivity index is 1.77. The first-order chi connectivity index (χ1) is 9.29. The molecule has 0 aliphatic heterocycles. The van der Waals surface area contributed by atoms with Gasteiger partial charge in [0.15, 0.2) is 0 Å². The number of rotatable bonds is 8. The topological polar surface area (TPSA) is 75.9 Å². The maximum atomic E-state index is 5.55. The third kappa shape index (κ3) is 4.29. The van der Waals surface area contributed by atoms with E-state index in [1.165, 1.54) is 0 Å². The zero-order valence-electron chi connectivity index (χ0n) is 11.2. The van der Waals surface area contributed by atoms with Crippen LogP contribution < -0.4 is 10.6 Å². The van der Waals surface area contributed by atoms with Crippen LogP contribution in [-0.4, -0.2) is 28.3 Å². The van der Waals surface area contributed by atoms with Gasteiger partial charge in [0.05, 0.1) is 11.0 Å². The van der Waals surface area contributed by atoms with Crippen molar-refractivity contribution in [3.8, 4) is 0 Å². The third-order valence-electron chi connectivity index (χ3n) is 2.61. The normalized spacial score (nSPS) is 12.5. The van der Waals surface area contributed by atoms with Gasteiger partial charge in [-0.15, -0.1) is 16.4 Å². The molecule has 7 heteroatoms. The molecule has 0 saturated heterocycles. The summed E-state index contributed by atoms with van der Waals surface area (Å²) in [6, 6.07) is 0.554. The Kier molecular flexibility index (Phi) is 5.29. The molecule has 2 heterocycles. The second-order valence-electron chi connectivity index (χ2n) is 4.22. The number of nitrogens with one attached hydrogen (secondary N) is 2. The molecule has 0 bridgehead atoms. The maximum absolute atomic E-state index is 5.55. The van der Waals surface area contributed by atoms with Crippen molar-refractivity contribution in [1.82, 2.24) is 20.5 Å². The van der Waals surface area contributed by atoms with Gasteiger partial charge in [-0.3, -0.25) is 0 Å². The van der Waals surface area contributed by atoms with Gasteiger partial charge in [-0.05, 0) is 19.9 Å². The average Bonchev–Trinajstić information content (AvgIpc) is 3.07. The Morgan fingerprint density at radius 2 is 2.26 bits per heavy atom. The van der Waals surface area contributed by atoms with Crippen molar-refractivity contribution in [2.45, 2.75) is 32.7 Å². The Labute approximate surface area is 116 Å². The molecule has 0 spiro atoms. The van der Waals surface area contributed by atoms with Gasteiger partial charge < -0.3 is 15.1 Å². The van der Waals surface area contributed by atoms with Crippen LogP contribution in [0.3, 0.4) is 0 Å². The molecular weight excluding hydrogens is 262 g/mol. The quantitative estimate of drug-likeness (QED) is 0.773. The van der Waals surface area contributed by atoms with E-state index < -0.39 is 0 Å². The lowest BCUT2D eigenvalue weighted by Gasteiger charge is -2.07. The van der Waals surface area contributed by atoms with Crippen molar-refractivity contribution in [3.05, 3.63) is 22.5 Å². The van der Waals surface area contributed by atoms with Crippen LogP contribution >= 0.6 is 11.3 Å². The molecule has 1 atom stereocenters. The van der Waals surface area contributed by atoms with E-state index in [1.54, 1.807) is 11.3 Å². The fraction of sp³-hybridized carbons (Fsp3) is 0.583. The number of nitrogens with zero attached hydrogens (tertiary/aromatic N) is 3. The molecule has 2 aromatic rings. The lowest BCUT2D eigenvalue weighted by atomic mass is 10.3. The van der Waals surface area contributed by atoms with E-state index in [9.17, 15) is 0 Å². The molecule has 0 radical (unpaired) electrons. The van der Waals surface area contributed by atoms with E-state index in [4.69, 9.17) is 4.42 Å². The van der Waals surface area contributed by atoms with Crippen LogP contribution in [0.5, 0.6) is 0 Å². The molecule has 19 heavy (non-hydrogen) atoms. The van der Waals surface area contributed by atoms with Gasteiger partial charge in [-0.25, -0.2) is 4.98 Å². The van der Waals surface area contributed by atoms with Crippen molar-refractivity contribution in [3.63, 3.8) is 0 Å². The number of hydrogen-bond acceptors (Lipinski definition) is 7. The molecule has 0 fully saturated rings. The van der Waals surface area contributed by atoms with E-state index in [2.05, 4.69) is 32.7 Å². The highest BCUT2D eigenvalue weighted by molar-refractivity contribution is 7.09. The zero-order chi connectivity index (χ0) is 13.5. The second-order valence-corrected chi connectivity index (χ2v) is 5.20. The summed E-state index contributed by atoms with van der Waals surface area (Å²) in [5.41, 5.74) is 0. The Bertz CT molecular complexity index is 470. The summed E-state index contributed by atoms with van der Waals surface area (Å²) >= 11 is 1.65. The molecule has 2 aromatic heterocycles. The number of hydrogen-bond donors (Lipinski definition) is 2. The highest BCUT2D eigenvalue weighted by atomic mass is 32.1. The van der Waals surface area contributed by atoms with Gasteiger partial charge in [0.1, 0.15) is 0 Å². The number of thiazole rings is 1. The monoisotopic (exact) mass is 281 g/mol. The molecule has 0 saturated carbocycles. The molecule has 2 N–H and O–H groups in total. The summed E-state index contributed by atoms with van der Waals surface area (Å²) in [4.78, 5) is 4.22. The van der Waals surface area contributed by atoms with Gasteiger partial charge in [-0.2, -0.15) is 0 Å². The van der Waals surface area contributed by atoms with Crippen LogP contribution in [0.2, 0.25) is 0 Å². The smallest absolute Gasteiger partial charge is 0.315 e. The summed E-state index contributed by atoms with van der Waals surface area (Å²) in [5, 5.41) is 17.5. The van der Waals surface area contributed by atoms with Gasteiger partial charge in [-0.1, -0.05) is 12.0 Å². The predicted octanol–water partition coefficient (Wildman–Crippen LogP) is 2.24. The summed E-state index contributed by atoms with van der Waals surface area (Å²) < 4.78 is 5.55. The first kappa shape index (κ1) is 14.0. The highest BCUT2D eigenvalue weighted by Crippen LogP contribution is 2.13. The van der Waals surface area contributed by atoms with Crippen molar-refractivity contribution >= 4 is 17.4 Å². The average molecular weight is 281 g/mol. The van der Waals surface area contributed by atoms with Crippen LogP contribution in [0, 0.1) is 0 Å². The third-order valence-corrected chi connectivity index (χ3v) is 3.45. The molecule has 0 aromatic carbocycles. The molecule has 0 aliphatic rings. The summed E-state index contributed by atoms with van der Waals surface area (Å²) in [5.74, 6) is 0.616. The lowest BCUT2D eigenvalue weighted by Crippen LogP contribution is -2.19. The fourth-order valence-electron chi connectivity index (χ4n) is 1.58. The summed E-state index contributed by atoms with van der Waals surface area (Å²) in [6.45, 7) is 5.82. The van der Waals surface area contributed by atoms with Crippen molar-refractivity contribution in [1.29, 1.82) is 0 Å². The molecule has 1 unspecified atom stereocenters. The fourth-order valence-corrected chi connectivity index (χ4v) is 2.20. The first-order valence-electron chi connectivity index (χ1n) is 6.48. The SMILES string of the molecule is CCCNC(C)c1nnc(NCCc2nccs2)o1. The van der Waals surface area contributed by atoms with Crippen molar-refractivity contribution < 1.29 is 4.42 Å². The van der Waals surface area contributed by atoms with Gasteiger partial charge >= 0.3 is 6.01 Å². The van der Waals surface area contributed by atoms with E-state index >= 15 is 0 Å². The van der Waals surface area contributed by atoms with Gasteiger partial charge in [0.25, 0.3) is 0 Å². The molecule has 2 rings (SSSR count). The standard InChI is InChI=1S/C12H19N5OS/c1-3-5-13-9(2)11-16-17-12(18-11)15-6-4-10-14-7-8-19-10/h7-9,13H,3-6H2,1-2H3,(H,15,17). The molecular formula is C12H19N5OS. The molecule has 104 valence electrons. The zero-order valence-corrected chi connectivity index (χ0v) is 12.0. The van der Waals surface area contributed by atoms with Crippen LogP contribution in [0.25, 0.3) is 0 Å². The summed E-state index contributed by atoms with van der Waals surface area (Å²) in [6.07, 6.45) is 3.75. The van der Waals surface area contributed by atoms with Crippen molar-refractivity contribution in [2.24, 2.45) is 0 Å². The van der Waals surface area contributed by atoms with Gasteiger partial charge in [0.2, 0.25) is 5.89 Å². The Morgan fingerprint density at radius 1 is 1.37 bits per heavy atom. The van der Waals surface area contributed by atoms with E-state index in [0.29, 0.717) is 11.9 Å². The van der Waals surface area contributed by atoms with E-state index in [-0.39, 0.29) is 6.04 Å². The van der Waals surface area contributed by atoms with Gasteiger partial charge in [0, 0.05) is 24.5 Å². The summed E-state index contributed by atoms with van der Waals surface area (Å²) in [7, 11) is 0. The van der Waals surface area contributed by atoms with Crippen LogP contribution in [0.4, 0.5) is 6.01 Å². The van der Waals surface area contributed by atoms with Crippen LogP contribution in [-0.2, 0) is 6.42 Å². The van der Waals surface area contributed by atoms with E-state index in [1.807, 2.05) is 18.5 Å². The molecule has 0 amide bonds.